The molecule has 3 N–H and O–H groups in total. The maximum atomic E-state index is 11.7. The minimum absolute atomic E-state index is 0.0468. The first kappa shape index (κ1) is 14.7. The van der Waals surface area contributed by atoms with Crippen LogP contribution in [0.25, 0.3) is 0 Å². The fourth-order valence-corrected chi connectivity index (χ4v) is 1.74. The van der Waals surface area contributed by atoms with Crippen LogP contribution in [0.1, 0.15) is 16.1 Å². The summed E-state index contributed by atoms with van der Waals surface area (Å²) in [6.45, 7) is 0.213. The van der Waals surface area contributed by atoms with Gasteiger partial charge in [-0.25, -0.2) is 9.59 Å². The van der Waals surface area contributed by atoms with E-state index >= 15 is 0 Å². The Morgan fingerprint density at radius 2 is 2.10 bits per heavy atom. The standard InChI is InChI=1S/C13H11ClN4O3/c14-10-6-8(12(19)20)3-4-11(10)17-13(21)15-7-9-2-1-5-16-18-9/h1-6H,7H2,(H,19,20)(H2,15,17,21). The summed E-state index contributed by atoms with van der Waals surface area (Å²) in [6, 6.07) is 7.00. The van der Waals surface area contributed by atoms with E-state index < -0.39 is 12.0 Å². The molecule has 21 heavy (non-hydrogen) atoms. The molecule has 0 saturated carbocycles. The van der Waals surface area contributed by atoms with Crippen molar-refractivity contribution in [3.63, 3.8) is 0 Å². The van der Waals surface area contributed by atoms with Crippen LogP contribution in [0.2, 0.25) is 5.02 Å². The predicted molar refractivity (Wildman–Crippen MR) is 76.3 cm³/mol. The molecular weight excluding hydrogens is 296 g/mol. The summed E-state index contributed by atoms with van der Waals surface area (Å²) in [5, 5.41) is 21.6. The summed E-state index contributed by atoms with van der Waals surface area (Å²) >= 11 is 5.91. The fraction of sp³-hybridized carbons (Fsp3) is 0.0769. The molecule has 108 valence electrons. The quantitative estimate of drug-likeness (QED) is 0.803. The first-order valence-corrected chi connectivity index (χ1v) is 6.28. The molecule has 1 aromatic carbocycles. The topological polar surface area (TPSA) is 104 Å². The number of carboxylic acid groups (broad SMARTS) is 1. The largest absolute Gasteiger partial charge is 0.478 e. The molecule has 0 aliphatic heterocycles. The molecule has 0 radical (unpaired) electrons. The summed E-state index contributed by atoms with van der Waals surface area (Å²) in [5.74, 6) is -1.09. The van der Waals surface area contributed by atoms with Gasteiger partial charge in [0.1, 0.15) is 0 Å². The Labute approximate surface area is 125 Å². The van der Waals surface area contributed by atoms with E-state index in [9.17, 15) is 9.59 Å². The Balaban J connectivity index is 1.95. The second-order valence-corrected chi connectivity index (χ2v) is 4.43. The van der Waals surface area contributed by atoms with Gasteiger partial charge in [-0.05, 0) is 30.3 Å². The highest BCUT2D eigenvalue weighted by atomic mass is 35.5. The summed E-state index contributed by atoms with van der Waals surface area (Å²) < 4.78 is 0. The van der Waals surface area contributed by atoms with Crippen LogP contribution in [0.4, 0.5) is 10.5 Å². The maximum Gasteiger partial charge on any atom is 0.335 e. The third-order valence-electron chi connectivity index (χ3n) is 2.52. The van der Waals surface area contributed by atoms with Crippen molar-refractivity contribution in [1.82, 2.24) is 15.5 Å². The number of aromatic carboxylic acids is 1. The van der Waals surface area contributed by atoms with Gasteiger partial charge in [-0.1, -0.05) is 11.6 Å². The number of rotatable bonds is 4. The zero-order valence-electron chi connectivity index (χ0n) is 10.7. The molecule has 1 heterocycles. The number of anilines is 1. The van der Waals surface area contributed by atoms with Gasteiger partial charge in [-0.2, -0.15) is 10.2 Å². The van der Waals surface area contributed by atoms with Crippen molar-refractivity contribution in [3.05, 3.63) is 52.8 Å². The van der Waals surface area contributed by atoms with Gasteiger partial charge in [-0.3, -0.25) is 0 Å². The summed E-state index contributed by atoms with van der Waals surface area (Å²) in [5.41, 5.74) is 0.976. The number of carbonyl (C=O) groups is 2. The van der Waals surface area contributed by atoms with Crippen molar-refractivity contribution < 1.29 is 14.7 Å². The number of nitrogens with one attached hydrogen (secondary N) is 2. The van der Waals surface area contributed by atoms with Crippen molar-refractivity contribution in [2.45, 2.75) is 6.54 Å². The van der Waals surface area contributed by atoms with E-state index in [4.69, 9.17) is 16.7 Å². The molecule has 2 amide bonds. The molecular formula is C13H11ClN4O3. The van der Waals surface area contributed by atoms with Crippen LogP contribution in [-0.4, -0.2) is 27.3 Å². The zero-order chi connectivity index (χ0) is 15.2. The summed E-state index contributed by atoms with van der Waals surface area (Å²) in [7, 11) is 0. The molecule has 0 saturated heterocycles. The molecule has 0 bridgehead atoms. The van der Waals surface area contributed by atoms with Crippen molar-refractivity contribution in [1.29, 1.82) is 0 Å². The first-order chi connectivity index (χ1) is 10.1. The van der Waals surface area contributed by atoms with Gasteiger partial charge in [-0.15, -0.1) is 0 Å². The molecule has 0 aliphatic carbocycles. The Hall–Kier alpha value is -2.67. The van der Waals surface area contributed by atoms with E-state index in [1.807, 2.05) is 0 Å². The van der Waals surface area contributed by atoms with Crippen molar-refractivity contribution in [2.75, 3.05) is 5.32 Å². The SMILES string of the molecule is O=C(NCc1cccnn1)Nc1ccc(C(=O)O)cc1Cl. The molecule has 8 heteroatoms. The average Bonchev–Trinajstić information content (AvgIpc) is 2.48. The molecule has 7 nitrogen and oxygen atoms in total. The highest BCUT2D eigenvalue weighted by Gasteiger charge is 2.09. The zero-order valence-corrected chi connectivity index (χ0v) is 11.5. The number of aromatic nitrogens is 2. The van der Waals surface area contributed by atoms with E-state index in [0.717, 1.165) is 0 Å². The number of hydrogen-bond donors (Lipinski definition) is 3. The molecule has 0 spiro atoms. The Morgan fingerprint density at radius 3 is 2.71 bits per heavy atom. The molecule has 2 rings (SSSR count). The van der Waals surface area contributed by atoms with Crippen LogP contribution < -0.4 is 10.6 Å². The summed E-state index contributed by atoms with van der Waals surface area (Å²) in [6.07, 6.45) is 1.54. The highest BCUT2D eigenvalue weighted by molar-refractivity contribution is 6.34. The normalized spacial score (nSPS) is 9.95. The van der Waals surface area contributed by atoms with Crippen molar-refractivity contribution in [3.8, 4) is 0 Å². The number of carbonyl (C=O) groups excluding carboxylic acids is 1. The number of amides is 2. The van der Waals surface area contributed by atoms with Gasteiger partial charge >= 0.3 is 12.0 Å². The lowest BCUT2D eigenvalue weighted by molar-refractivity contribution is 0.0697. The minimum Gasteiger partial charge on any atom is -0.478 e. The smallest absolute Gasteiger partial charge is 0.335 e. The lowest BCUT2D eigenvalue weighted by Crippen LogP contribution is -2.28. The van der Waals surface area contributed by atoms with Crippen molar-refractivity contribution in [2.24, 2.45) is 0 Å². The molecule has 2 aromatic rings. The average molecular weight is 307 g/mol. The van der Waals surface area contributed by atoms with E-state index in [2.05, 4.69) is 20.8 Å². The van der Waals surface area contributed by atoms with Crippen LogP contribution in [0.15, 0.2) is 36.5 Å². The van der Waals surface area contributed by atoms with E-state index in [1.54, 1.807) is 12.1 Å². The van der Waals surface area contributed by atoms with E-state index in [-0.39, 0.29) is 17.1 Å². The van der Waals surface area contributed by atoms with Gasteiger partial charge in [0.2, 0.25) is 0 Å². The monoisotopic (exact) mass is 306 g/mol. The van der Waals surface area contributed by atoms with Crippen LogP contribution in [0.3, 0.4) is 0 Å². The van der Waals surface area contributed by atoms with Gasteiger partial charge in [0.05, 0.1) is 28.5 Å². The number of hydrogen-bond acceptors (Lipinski definition) is 4. The molecule has 0 unspecified atom stereocenters. The van der Waals surface area contributed by atoms with Gasteiger partial charge in [0.25, 0.3) is 0 Å². The lowest BCUT2D eigenvalue weighted by atomic mass is 10.2. The van der Waals surface area contributed by atoms with Crippen molar-refractivity contribution >= 4 is 29.3 Å². The van der Waals surface area contributed by atoms with Crippen LogP contribution in [0, 0.1) is 0 Å². The van der Waals surface area contributed by atoms with Crippen LogP contribution in [0.5, 0.6) is 0 Å². The Morgan fingerprint density at radius 1 is 1.29 bits per heavy atom. The molecule has 0 aliphatic rings. The van der Waals surface area contributed by atoms with E-state index in [1.165, 1.54) is 24.4 Å². The van der Waals surface area contributed by atoms with Crippen LogP contribution in [-0.2, 0) is 6.54 Å². The first-order valence-electron chi connectivity index (χ1n) is 5.90. The maximum absolute atomic E-state index is 11.7. The number of carboxylic acids is 1. The third kappa shape index (κ3) is 4.15. The third-order valence-corrected chi connectivity index (χ3v) is 2.83. The second kappa shape index (κ2) is 6.67. The number of benzene rings is 1. The number of nitrogens with zero attached hydrogens (tertiary/aromatic N) is 2. The van der Waals surface area contributed by atoms with Gasteiger partial charge in [0.15, 0.2) is 0 Å². The number of halogens is 1. The summed E-state index contributed by atoms with van der Waals surface area (Å²) in [4.78, 5) is 22.5. The van der Waals surface area contributed by atoms with Gasteiger partial charge < -0.3 is 15.7 Å². The number of urea groups is 1. The second-order valence-electron chi connectivity index (χ2n) is 4.02. The minimum atomic E-state index is -1.09. The Kier molecular flexibility index (Phi) is 4.68. The fourth-order valence-electron chi connectivity index (χ4n) is 1.51. The molecule has 1 aromatic heterocycles. The highest BCUT2D eigenvalue weighted by Crippen LogP contribution is 2.22. The molecule has 0 fully saturated rings. The van der Waals surface area contributed by atoms with Crippen LogP contribution >= 0.6 is 11.6 Å². The van der Waals surface area contributed by atoms with Gasteiger partial charge in [0, 0.05) is 6.20 Å². The molecule has 0 atom stereocenters. The lowest BCUT2D eigenvalue weighted by Gasteiger charge is -2.09. The predicted octanol–water partition coefficient (Wildman–Crippen LogP) is 2.15. The van der Waals surface area contributed by atoms with E-state index in [0.29, 0.717) is 11.4 Å². The Bertz CT molecular complexity index is 664.